The Bertz CT molecular complexity index is 358. The summed E-state index contributed by atoms with van der Waals surface area (Å²) >= 11 is 1.95. The van der Waals surface area contributed by atoms with E-state index in [0.717, 1.165) is 12.3 Å². The summed E-state index contributed by atoms with van der Waals surface area (Å²) in [7, 11) is 0. The van der Waals surface area contributed by atoms with Crippen LogP contribution in [-0.2, 0) is 0 Å². The zero-order valence-corrected chi connectivity index (χ0v) is 12.6. The third-order valence-corrected chi connectivity index (χ3v) is 4.35. The van der Waals surface area contributed by atoms with E-state index in [-0.39, 0.29) is 5.54 Å². The van der Waals surface area contributed by atoms with Crippen molar-refractivity contribution in [1.82, 2.24) is 5.32 Å². The molecule has 0 fully saturated rings. The first-order valence-electron chi connectivity index (χ1n) is 6.40. The second kappa shape index (κ2) is 6.46. The molecule has 0 saturated carbocycles. The van der Waals surface area contributed by atoms with Crippen molar-refractivity contribution in [2.45, 2.75) is 51.5 Å². The second-order valence-electron chi connectivity index (χ2n) is 5.28. The van der Waals surface area contributed by atoms with Gasteiger partial charge in [-0.2, -0.15) is 0 Å². The van der Waals surface area contributed by atoms with E-state index in [0.29, 0.717) is 0 Å². The molecule has 1 N–H and O–H groups in total. The Labute approximate surface area is 110 Å². The van der Waals surface area contributed by atoms with Gasteiger partial charge in [0.15, 0.2) is 0 Å². The van der Waals surface area contributed by atoms with Gasteiger partial charge in [0.05, 0.1) is 0 Å². The van der Waals surface area contributed by atoms with Crippen LogP contribution in [0.2, 0.25) is 0 Å². The fourth-order valence-electron chi connectivity index (χ4n) is 1.54. The fraction of sp³-hybridized carbons (Fsp3) is 0.600. The molecule has 1 aromatic carbocycles. The Balaban J connectivity index is 2.38. The van der Waals surface area contributed by atoms with Crippen LogP contribution >= 0.6 is 11.8 Å². The first-order valence-corrected chi connectivity index (χ1v) is 7.38. The van der Waals surface area contributed by atoms with E-state index in [9.17, 15) is 0 Å². The van der Waals surface area contributed by atoms with Crippen LogP contribution in [0.3, 0.4) is 0 Å². The van der Waals surface area contributed by atoms with Gasteiger partial charge >= 0.3 is 0 Å². The van der Waals surface area contributed by atoms with E-state index >= 15 is 0 Å². The predicted octanol–water partition coefficient (Wildman–Crippen LogP) is 4.17. The number of hydrogen-bond donors (Lipinski definition) is 1. The largest absolute Gasteiger partial charge is 0.311 e. The molecule has 1 aromatic rings. The lowest BCUT2D eigenvalue weighted by Crippen LogP contribution is -2.39. The summed E-state index contributed by atoms with van der Waals surface area (Å²) in [5.41, 5.74) is 3.00. The molecule has 0 aliphatic carbocycles. The van der Waals surface area contributed by atoms with Gasteiger partial charge < -0.3 is 5.32 Å². The van der Waals surface area contributed by atoms with Gasteiger partial charge in [-0.1, -0.05) is 24.6 Å². The van der Waals surface area contributed by atoms with Crippen molar-refractivity contribution in [1.29, 1.82) is 0 Å². The van der Waals surface area contributed by atoms with Crippen LogP contribution in [0.15, 0.2) is 23.1 Å². The first-order chi connectivity index (χ1) is 7.94. The van der Waals surface area contributed by atoms with E-state index in [1.807, 2.05) is 11.8 Å². The first kappa shape index (κ1) is 14.6. The Kier molecular flexibility index (Phi) is 5.54. The van der Waals surface area contributed by atoms with Gasteiger partial charge in [-0.15, -0.1) is 11.8 Å². The molecule has 1 nitrogen and oxygen atoms in total. The molecule has 0 amide bonds. The summed E-state index contributed by atoms with van der Waals surface area (Å²) in [4.78, 5) is 1.42. The van der Waals surface area contributed by atoms with Crippen LogP contribution in [0.25, 0.3) is 0 Å². The third-order valence-electron chi connectivity index (χ3n) is 3.19. The van der Waals surface area contributed by atoms with Gasteiger partial charge in [-0.3, -0.25) is 0 Å². The van der Waals surface area contributed by atoms with Crippen molar-refractivity contribution >= 4 is 11.8 Å². The summed E-state index contributed by atoms with van der Waals surface area (Å²) < 4.78 is 0. The van der Waals surface area contributed by atoms with Crippen LogP contribution in [0, 0.1) is 13.8 Å². The van der Waals surface area contributed by atoms with E-state index in [1.54, 1.807) is 0 Å². The van der Waals surface area contributed by atoms with Crippen molar-refractivity contribution < 1.29 is 0 Å². The Morgan fingerprint density at radius 3 is 2.59 bits per heavy atom. The molecule has 96 valence electrons. The molecule has 17 heavy (non-hydrogen) atoms. The van der Waals surface area contributed by atoms with Crippen LogP contribution in [0.1, 0.15) is 38.3 Å². The number of benzene rings is 1. The van der Waals surface area contributed by atoms with E-state index in [1.165, 1.54) is 22.4 Å². The third kappa shape index (κ3) is 5.13. The van der Waals surface area contributed by atoms with Gasteiger partial charge in [-0.05, 0) is 45.7 Å². The summed E-state index contributed by atoms with van der Waals surface area (Å²) in [6, 6.07) is 6.67. The molecular formula is C15H25NS. The number of nitrogens with one attached hydrogen (secondary N) is 1. The van der Waals surface area contributed by atoms with Crippen LogP contribution in [-0.4, -0.2) is 17.8 Å². The number of thioether (sulfide) groups is 1. The van der Waals surface area contributed by atoms with Gasteiger partial charge in [0.1, 0.15) is 0 Å². The van der Waals surface area contributed by atoms with E-state index in [4.69, 9.17) is 0 Å². The molecule has 1 rings (SSSR count). The molecule has 0 aliphatic heterocycles. The maximum absolute atomic E-state index is 3.59. The van der Waals surface area contributed by atoms with Crippen molar-refractivity contribution in [3.8, 4) is 0 Å². The monoisotopic (exact) mass is 251 g/mol. The molecule has 2 heteroatoms. The Hall–Kier alpha value is -0.470. The minimum Gasteiger partial charge on any atom is -0.311 e. The van der Waals surface area contributed by atoms with Gasteiger partial charge in [0.2, 0.25) is 0 Å². The predicted molar refractivity (Wildman–Crippen MR) is 79.0 cm³/mol. The molecule has 0 aliphatic rings. The highest BCUT2D eigenvalue weighted by molar-refractivity contribution is 7.99. The molecule has 0 aromatic heterocycles. The van der Waals surface area contributed by atoms with Crippen LogP contribution < -0.4 is 5.32 Å². The zero-order valence-electron chi connectivity index (χ0n) is 11.8. The molecule has 0 spiro atoms. The average Bonchev–Trinajstić information content (AvgIpc) is 2.29. The van der Waals surface area contributed by atoms with Gasteiger partial charge in [0.25, 0.3) is 0 Å². The zero-order chi connectivity index (χ0) is 12.9. The number of rotatable bonds is 6. The molecule has 0 radical (unpaired) electrons. The highest BCUT2D eigenvalue weighted by Gasteiger charge is 2.12. The van der Waals surface area contributed by atoms with Crippen molar-refractivity contribution in [3.05, 3.63) is 29.3 Å². The molecule has 0 bridgehead atoms. The maximum atomic E-state index is 3.59. The summed E-state index contributed by atoms with van der Waals surface area (Å²) in [6.07, 6.45) is 1.17. The quantitative estimate of drug-likeness (QED) is 0.601. The molecule has 0 saturated heterocycles. The maximum Gasteiger partial charge on any atom is 0.0122 e. The molecular weight excluding hydrogens is 226 g/mol. The molecule has 0 atom stereocenters. The normalized spacial score (nSPS) is 11.8. The lowest BCUT2D eigenvalue weighted by atomic mass is 10.0. The smallest absolute Gasteiger partial charge is 0.0122 e. The SMILES string of the molecule is CCC(C)(C)NCCSc1cc(C)ccc1C. The Morgan fingerprint density at radius 1 is 1.24 bits per heavy atom. The van der Waals surface area contributed by atoms with Gasteiger partial charge in [0, 0.05) is 22.7 Å². The average molecular weight is 251 g/mol. The van der Waals surface area contributed by atoms with Crippen molar-refractivity contribution in [2.75, 3.05) is 12.3 Å². The Morgan fingerprint density at radius 2 is 1.94 bits per heavy atom. The minimum atomic E-state index is 0.266. The standard InChI is InChI=1S/C15H25NS/c1-6-15(4,5)16-9-10-17-14-11-12(2)7-8-13(14)3/h7-8,11,16H,6,9-10H2,1-5H3. The highest BCUT2D eigenvalue weighted by atomic mass is 32.2. The van der Waals surface area contributed by atoms with Gasteiger partial charge in [-0.25, -0.2) is 0 Å². The number of aryl methyl sites for hydroxylation is 2. The summed E-state index contributed by atoms with van der Waals surface area (Å²) in [5, 5.41) is 3.59. The lowest BCUT2D eigenvalue weighted by Gasteiger charge is -2.24. The highest BCUT2D eigenvalue weighted by Crippen LogP contribution is 2.23. The van der Waals surface area contributed by atoms with Crippen molar-refractivity contribution in [3.63, 3.8) is 0 Å². The topological polar surface area (TPSA) is 12.0 Å². The lowest BCUT2D eigenvalue weighted by molar-refractivity contribution is 0.388. The minimum absolute atomic E-state index is 0.266. The summed E-state index contributed by atoms with van der Waals surface area (Å²) in [5.74, 6) is 1.13. The number of hydrogen-bond acceptors (Lipinski definition) is 2. The second-order valence-corrected chi connectivity index (χ2v) is 6.42. The van der Waals surface area contributed by atoms with E-state index in [2.05, 4.69) is 58.1 Å². The fourth-order valence-corrected chi connectivity index (χ4v) is 2.53. The van der Waals surface area contributed by atoms with Crippen LogP contribution in [0.5, 0.6) is 0 Å². The molecule has 0 unspecified atom stereocenters. The molecule has 0 heterocycles. The van der Waals surface area contributed by atoms with Crippen molar-refractivity contribution in [2.24, 2.45) is 0 Å². The van der Waals surface area contributed by atoms with Crippen LogP contribution in [0.4, 0.5) is 0 Å². The van der Waals surface area contributed by atoms with E-state index < -0.39 is 0 Å². The summed E-state index contributed by atoms with van der Waals surface area (Å²) in [6.45, 7) is 12.2.